The summed E-state index contributed by atoms with van der Waals surface area (Å²) in [5.41, 5.74) is -2.04. The van der Waals surface area contributed by atoms with Crippen molar-refractivity contribution in [2.45, 2.75) is 6.92 Å². The number of ether oxygens (including phenoxy) is 2. The van der Waals surface area contributed by atoms with Crippen LogP contribution >= 0.6 is 23.2 Å². The van der Waals surface area contributed by atoms with Crippen LogP contribution in [-0.4, -0.2) is 35.6 Å². The average molecular weight is 523 g/mol. The molecule has 0 saturated carbocycles. The Morgan fingerprint density at radius 3 is 1.69 bits per heavy atom. The molecule has 0 radical (unpaired) electrons. The van der Waals surface area contributed by atoms with Gasteiger partial charge in [0.25, 0.3) is 0 Å². The fourth-order valence-electron chi connectivity index (χ4n) is 2.99. The molecule has 0 saturated heterocycles. The highest BCUT2D eigenvalue weighted by atomic mass is 35.5. The van der Waals surface area contributed by atoms with Crippen LogP contribution in [0.3, 0.4) is 0 Å². The summed E-state index contributed by atoms with van der Waals surface area (Å²) < 4.78 is 9.47. The number of rotatable bonds is 3. The van der Waals surface area contributed by atoms with E-state index in [4.69, 9.17) is 23.2 Å². The summed E-state index contributed by atoms with van der Waals surface area (Å²) in [5, 5.41) is 24.4. The molecule has 12 nitrogen and oxygen atoms in total. The van der Waals surface area contributed by atoms with E-state index in [2.05, 4.69) is 19.4 Å². The molecular formula is C21H16Cl2N4O8. The number of methoxy groups -OCH3 is 1. The molecule has 14 heteroatoms. The van der Waals surface area contributed by atoms with Crippen molar-refractivity contribution in [1.82, 2.24) is 9.97 Å². The third kappa shape index (κ3) is 5.18. The van der Waals surface area contributed by atoms with Gasteiger partial charge in [0.05, 0.1) is 13.7 Å². The van der Waals surface area contributed by atoms with Gasteiger partial charge in [-0.2, -0.15) is 9.46 Å². The van der Waals surface area contributed by atoms with Crippen molar-refractivity contribution >= 4 is 57.2 Å². The highest BCUT2D eigenvalue weighted by molar-refractivity contribution is 6.31. The summed E-state index contributed by atoms with van der Waals surface area (Å²) >= 11 is 11.5. The molecule has 2 heterocycles. The molecule has 2 aromatic heterocycles. The predicted octanol–water partition coefficient (Wildman–Crippen LogP) is 1.59. The van der Waals surface area contributed by atoms with E-state index in [0.29, 0.717) is 21.1 Å². The fraction of sp³-hybridized carbons (Fsp3) is 0.143. The average Bonchev–Trinajstić information content (AvgIpc) is 2.81. The van der Waals surface area contributed by atoms with Gasteiger partial charge in [-0.1, -0.05) is 23.2 Å². The molecule has 0 atom stereocenters. The zero-order valence-corrected chi connectivity index (χ0v) is 19.6. The normalized spacial score (nSPS) is 10.5. The molecule has 0 fully saturated rings. The number of nitrogens with one attached hydrogen (secondary N) is 2. The summed E-state index contributed by atoms with van der Waals surface area (Å²) in [6.07, 6.45) is 0. The van der Waals surface area contributed by atoms with Gasteiger partial charge in [0.2, 0.25) is 11.0 Å². The lowest BCUT2D eigenvalue weighted by atomic mass is 10.3. The van der Waals surface area contributed by atoms with E-state index in [0.717, 1.165) is 7.11 Å². The lowest BCUT2D eigenvalue weighted by molar-refractivity contribution is -0.581. The lowest BCUT2D eigenvalue weighted by Crippen LogP contribution is -2.43. The van der Waals surface area contributed by atoms with Gasteiger partial charge in [0, 0.05) is 22.2 Å². The molecule has 0 spiro atoms. The maximum atomic E-state index is 12.0. The summed E-state index contributed by atoms with van der Waals surface area (Å²) in [6.45, 7) is 1.66. The lowest BCUT2D eigenvalue weighted by Gasteiger charge is -2.06. The predicted molar refractivity (Wildman–Crippen MR) is 124 cm³/mol. The van der Waals surface area contributed by atoms with Gasteiger partial charge in [-0.3, -0.25) is 9.59 Å². The topological polar surface area (TPSA) is 172 Å². The van der Waals surface area contributed by atoms with Crippen molar-refractivity contribution in [2.75, 3.05) is 13.7 Å². The first kappa shape index (κ1) is 25.5. The summed E-state index contributed by atoms with van der Waals surface area (Å²) in [5.74, 6) is -1.96. The van der Waals surface area contributed by atoms with Crippen molar-refractivity contribution in [1.29, 1.82) is 0 Å². The molecule has 4 rings (SSSR count). The summed E-state index contributed by atoms with van der Waals surface area (Å²) in [7, 11) is 1.09. The second-order valence-corrected chi connectivity index (χ2v) is 7.60. The minimum atomic E-state index is -0.997. The highest BCUT2D eigenvalue weighted by Gasteiger charge is 2.26. The van der Waals surface area contributed by atoms with Gasteiger partial charge in [-0.15, -0.1) is 0 Å². The molecule has 4 aromatic rings. The van der Waals surface area contributed by atoms with Crippen LogP contribution in [0.2, 0.25) is 10.0 Å². The second kappa shape index (κ2) is 10.4. The van der Waals surface area contributed by atoms with Gasteiger partial charge < -0.3 is 29.9 Å². The first-order valence-corrected chi connectivity index (χ1v) is 10.5. The Hall–Kier alpha value is -4.16. The number of fused-ring (bicyclic) bond motifs is 2. The van der Waals surface area contributed by atoms with Crippen LogP contribution in [0.5, 0.6) is 0 Å². The number of halogens is 2. The third-order valence-corrected chi connectivity index (χ3v) is 5.01. The van der Waals surface area contributed by atoms with Gasteiger partial charge in [0.1, 0.15) is 11.0 Å². The third-order valence-electron chi connectivity index (χ3n) is 4.54. The quantitative estimate of drug-likeness (QED) is 0.232. The van der Waals surface area contributed by atoms with Crippen LogP contribution in [0.1, 0.15) is 27.9 Å². The number of benzene rings is 2. The molecule has 2 N–H and O–H groups in total. The smallest absolute Gasteiger partial charge is 0.411 e. The van der Waals surface area contributed by atoms with Crippen molar-refractivity contribution < 1.29 is 28.5 Å². The van der Waals surface area contributed by atoms with Gasteiger partial charge in [-0.05, 0) is 31.2 Å². The Kier molecular flexibility index (Phi) is 7.57. The molecule has 0 bridgehead atoms. The van der Waals surface area contributed by atoms with Crippen molar-refractivity contribution in [3.8, 4) is 0 Å². The number of aromatic amines is 2. The molecule has 2 aromatic carbocycles. The van der Waals surface area contributed by atoms with Crippen LogP contribution in [0.15, 0.2) is 46.0 Å². The van der Waals surface area contributed by atoms with Gasteiger partial charge in [0.15, 0.2) is 0 Å². The molecule has 35 heavy (non-hydrogen) atoms. The van der Waals surface area contributed by atoms with E-state index < -0.39 is 34.4 Å². The Morgan fingerprint density at radius 2 is 1.29 bits per heavy atom. The molecule has 182 valence electrons. The zero-order valence-electron chi connectivity index (χ0n) is 18.1. The van der Waals surface area contributed by atoms with Crippen LogP contribution in [-0.2, 0) is 9.47 Å². The molecule has 0 unspecified atom stereocenters. The first-order chi connectivity index (χ1) is 16.6. The first-order valence-electron chi connectivity index (χ1n) is 9.74. The van der Waals surface area contributed by atoms with Gasteiger partial charge in [-0.25, -0.2) is 9.59 Å². The fourth-order valence-corrected chi connectivity index (χ4v) is 3.33. The Morgan fingerprint density at radius 1 is 0.857 bits per heavy atom. The van der Waals surface area contributed by atoms with Crippen molar-refractivity contribution in [2.24, 2.45) is 0 Å². The number of H-pyrrole nitrogens is 2. The Labute approximate surface area is 205 Å². The van der Waals surface area contributed by atoms with E-state index >= 15 is 0 Å². The van der Waals surface area contributed by atoms with Crippen LogP contribution < -0.4 is 20.6 Å². The zero-order chi connectivity index (χ0) is 25.9. The van der Waals surface area contributed by atoms with Crippen molar-refractivity contribution in [3.63, 3.8) is 0 Å². The highest BCUT2D eigenvalue weighted by Crippen LogP contribution is 2.15. The van der Waals surface area contributed by atoms with Gasteiger partial charge >= 0.3 is 34.4 Å². The summed E-state index contributed by atoms with van der Waals surface area (Å²) in [6, 6.07) is 8.74. The largest absolute Gasteiger partial charge is 0.617 e. The minimum Gasteiger partial charge on any atom is -0.617 e. The maximum absolute atomic E-state index is 12.0. The maximum Gasteiger partial charge on any atom is 0.411 e. The standard InChI is InChI=1S/C11H9ClN2O4.C10H7ClN2O4/c1-2-18-11(16)9-10(15)13-7-4-3-6(12)5-8(7)14(9)17;1-17-10(15)8-9(14)12-6-3-2-5(11)4-7(6)13(8)16/h3-5H,2H2,1H3,(H,13,15);2-4H,1H3,(H,12,14). The molecule has 0 aliphatic rings. The number of esters is 2. The van der Waals surface area contributed by atoms with E-state index in [1.165, 1.54) is 36.4 Å². The number of hydrogen-bond acceptors (Lipinski definition) is 8. The van der Waals surface area contributed by atoms with Crippen molar-refractivity contribution in [3.05, 3.63) is 89.0 Å². The molecule has 0 aliphatic carbocycles. The van der Waals surface area contributed by atoms with E-state index in [1.807, 2.05) is 0 Å². The number of hydrogen-bond donors (Lipinski definition) is 2. The van der Waals surface area contributed by atoms with E-state index in [-0.39, 0.29) is 27.1 Å². The van der Waals surface area contributed by atoms with Crippen LogP contribution in [0.25, 0.3) is 22.1 Å². The summed E-state index contributed by atoms with van der Waals surface area (Å²) in [4.78, 5) is 50.8. The Bertz CT molecular complexity index is 1580. The number of nitrogens with zero attached hydrogens (tertiary/aromatic N) is 2. The van der Waals surface area contributed by atoms with E-state index in [9.17, 15) is 29.6 Å². The second-order valence-electron chi connectivity index (χ2n) is 6.73. The molecule has 0 amide bonds. The molecular weight excluding hydrogens is 507 g/mol. The number of aromatic nitrogens is 4. The Balaban J connectivity index is 0.000000196. The minimum absolute atomic E-state index is 0.0753. The van der Waals surface area contributed by atoms with Crippen LogP contribution in [0.4, 0.5) is 0 Å². The van der Waals surface area contributed by atoms with E-state index in [1.54, 1.807) is 6.92 Å². The number of carbonyl (C=O) groups is 2. The molecule has 0 aliphatic heterocycles. The number of carbonyl (C=O) groups excluding carboxylic acids is 2. The van der Waals surface area contributed by atoms with Crippen LogP contribution in [0, 0.1) is 10.4 Å². The monoisotopic (exact) mass is 522 g/mol. The SMILES string of the molecule is CCOC(=O)c1c(=O)[nH]c2ccc(Cl)cc2[n+]1[O-].COC(=O)c1c(=O)[nH]c2ccc(Cl)cc2[n+]1[O-].